The van der Waals surface area contributed by atoms with Crippen molar-refractivity contribution in [2.24, 2.45) is 7.05 Å². The average molecular weight is 376 g/mol. The van der Waals surface area contributed by atoms with Gasteiger partial charge in [0.15, 0.2) is 9.84 Å². The van der Waals surface area contributed by atoms with Gasteiger partial charge in [-0.1, -0.05) is 12.1 Å². The quantitative estimate of drug-likeness (QED) is 0.799. The minimum Gasteiger partial charge on any atom is -0.352 e. The summed E-state index contributed by atoms with van der Waals surface area (Å²) >= 11 is 0. The number of carbonyl (C=O) groups excluding carboxylic acids is 1. The molecule has 26 heavy (non-hydrogen) atoms. The van der Waals surface area contributed by atoms with Crippen LogP contribution in [0.25, 0.3) is 0 Å². The van der Waals surface area contributed by atoms with Crippen molar-refractivity contribution in [3.05, 3.63) is 53.6 Å². The van der Waals surface area contributed by atoms with Crippen molar-refractivity contribution in [3.63, 3.8) is 0 Å². The fourth-order valence-electron chi connectivity index (χ4n) is 2.96. The van der Waals surface area contributed by atoms with Gasteiger partial charge in [0, 0.05) is 57.6 Å². The first-order valence-corrected chi connectivity index (χ1v) is 10.5. The predicted octanol–water partition coefficient (Wildman–Crippen LogP) is 0.623. The molecule has 0 bridgehead atoms. The summed E-state index contributed by atoms with van der Waals surface area (Å²) in [7, 11) is -0.923. The summed E-state index contributed by atoms with van der Waals surface area (Å²) < 4.78 is 24.9. The fraction of sp³-hybridized carbons (Fsp3) is 0.444. The molecule has 0 spiro atoms. The summed E-state index contributed by atoms with van der Waals surface area (Å²) in [6.07, 6.45) is 4.31. The molecule has 1 aliphatic heterocycles. The lowest BCUT2D eigenvalue weighted by molar-refractivity contribution is 0.0954. The lowest BCUT2D eigenvalue weighted by atomic mass is 10.1. The van der Waals surface area contributed by atoms with Crippen LogP contribution in [0.5, 0.6) is 0 Å². The van der Waals surface area contributed by atoms with Gasteiger partial charge in [0.2, 0.25) is 0 Å². The van der Waals surface area contributed by atoms with Crippen molar-refractivity contribution in [2.75, 3.05) is 31.1 Å². The van der Waals surface area contributed by atoms with Gasteiger partial charge in [-0.15, -0.1) is 0 Å². The number of carbonyl (C=O) groups is 1. The molecule has 1 N–H and O–H groups in total. The zero-order chi connectivity index (χ0) is 18.6. The number of imidazole rings is 1. The van der Waals surface area contributed by atoms with Crippen LogP contribution in [0.1, 0.15) is 21.7 Å². The Balaban J connectivity index is 1.47. The monoisotopic (exact) mass is 376 g/mol. The van der Waals surface area contributed by atoms with E-state index in [2.05, 4.69) is 15.2 Å². The first-order valence-electron chi connectivity index (χ1n) is 8.69. The van der Waals surface area contributed by atoms with Crippen molar-refractivity contribution < 1.29 is 13.2 Å². The van der Waals surface area contributed by atoms with Crippen molar-refractivity contribution >= 4 is 15.7 Å². The van der Waals surface area contributed by atoms with Gasteiger partial charge >= 0.3 is 0 Å². The number of hydrogen-bond donors (Lipinski definition) is 1. The Morgan fingerprint density at radius 2 is 1.88 bits per heavy atom. The Kier molecular flexibility index (Phi) is 5.73. The van der Waals surface area contributed by atoms with Crippen LogP contribution in [0.4, 0.5) is 0 Å². The van der Waals surface area contributed by atoms with Gasteiger partial charge in [-0.2, -0.15) is 0 Å². The van der Waals surface area contributed by atoms with Crippen LogP contribution in [0.3, 0.4) is 0 Å². The zero-order valence-electron chi connectivity index (χ0n) is 14.9. The van der Waals surface area contributed by atoms with E-state index in [1.165, 1.54) is 0 Å². The number of nitrogens with zero attached hydrogens (tertiary/aromatic N) is 3. The molecule has 1 aromatic heterocycles. The van der Waals surface area contributed by atoms with Crippen LogP contribution >= 0.6 is 0 Å². The second kappa shape index (κ2) is 8.01. The van der Waals surface area contributed by atoms with Gasteiger partial charge in [0.25, 0.3) is 5.91 Å². The van der Waals surface area contributed by atoms with E-state index in [0.29, 0.717) is 38.2 Å². The van der Waals surface area contributed by atoms with E-state index in [4.69, 9.17) is 0 Å². The molecule has 0 atom stereocenters. The van der Waals surface area contributed by atoms with Gasteiger partial charge in [0.05, 0.1) is 11.5 Å². The largest absolute Gasteiger partial charge is 0.352 e. The molecule has 0 radical (unpaired) electrons. The highest BCUT2D eigenvalue weighted by atomic mass is 32.2. The van der Waals surface area contributed by atoms with Gasteiger partial charge in [-0.05, 0) is 17.7 Å². The summed E-state index contributed by atoms with van der Waals surface area (Å²) in [4.78, 5) is 18.6. The van der Waals surface area contributed by atoms with Crippen molar-refractivity contribution in [1.82, 2.24) is 19.8 Å². The van der Waals surface area contributed by atoms with Crippen molar-refractivity contribution in [3.8, 4) is 0 Å². The highest BCUT2D eigenvalue weighted by molar-refractivity contribution is 7.91. The normalized spacial score (nSPS) is 17.1. The SMILES string of the molecule is Cn1ccnc1CCNC(=O)c1ccc(CN2CCS(=O)(=O)CC2)cc1. The number of amides is 1. The van der Waals surface area contributed by atoms with Gasteiger partial charge < -0.3 is 9.88 Å². The zero-order valence-corrected chi connectivity index (χ0v) is 15.7. The van der Waals surface area contributed by atoms with E-state index in [1.807, 2.05) is 42.1 Å². The molecule has 140 valence electrons. The van der Waals surface area contributed by atoms with Crippen molar-refractivity contribution in [1.29, 1.82) is 0 Å². The van der Waals surface area contributed by atoms with Crippen LogP contribution in [0.15, 0.2) is 36.7 Å². The first-order chi connectivity index (χ1) is 12.4. The van der Waals surface area contributed by atoms with Crippen LogP contribution in [-0.2, 0) is 29.9 Å². The lowest BCUT2D eigenvalue weighted by Crippen LogP contribution is -2.39. The number of aromatic nitrogens is 2. The topological polar surface area (TPSA) is 84.3 Å². The Morgan fingerprint density at radius 1 is 1.19 bits per heavy atom. The van der Waals surface area contributed by atoms with Gasteiger partial charge in [-0.3, -0.25) is 9.69 Å². The third-order valence-corrected chi connectivity index (χ3v) is 6.22. The molecule has 8 heteroatoms. The van der Waals surface area contributed by atoms with Crippen LogP contribution in [-0.4, -0.2) is 59.9 Å². The van der Waals surface area contributed by atoms with E-state index in [0.717, 1.165) is 11.4 Å². The maximum atomic E-state index is 12.2. The molecule has 1 aromatic carbocycles. The minimum absolute atomic E-state index is 0.102. The van der Waals surface area contributed by atoms with E-state index in [9.17, 15) is 13.2 Å². The van der Waals surface area contributed by atoms with E-state index >= 15 is 0 Å². The molecule has 3 rings (SSSR count). The third kappa shape index (κ3) is 4.92. The van der Waals surface area contributed by atoms with E-state index < -0.39 is 9.84 Å². The maximum Gasteiger partial charge on any atom is 0.251 e. The first kappa shape index (κ1) is 18.6. The van der Waals surface area contributed by atoms with Crippen LogP contribution in [0, 0.1) is 0 Å². The molecule has 0 unspecified atom stereocenters. The van der Waals surface area contributed by atoms with Crippen LogP contribution in [0.2, 0.25) is 0 Å². The Labute approximate surface area is 154 Å². The fourth-order valence-corrected chi connectivity index (χ4v) is 4.23. The number of nitrogens with one attached hydrogen (secondary N) is 1. The highest BCUT2D eigenvalue weighted by Gasteiger charge is 2.21. The Hall–Kier alpha value is -2.19. The number of benzene rings is 1. The Morgan fingerprint density at radius 3 is 2.50 bits per heavy atom. The molecular weight excluding hydrogens is 352 g/mol. The summed E-state index contributed by atoms with van der Waals surface area (Å²) in [6.45, 7) is 2.37. The highest BCUT2D eigenvalue weighted by Crippen LogP contribution is 2.11. The molecule has 0 aliphatic carbocycles. The minimum atomic E-state index is -2.85. The molecule has 2 heterocycles. The average Bonchev–Trinajstić information content (AvgIpc) is 3.02. The predicted molar refractivity (Wildman–Crippen MR) is 99.6 cm³/mol. The number of aryl methyl sites for hydroxylation is 1. The maximum absolute atomic E-state index is 12.2. The van der Waals surface area contributed by atoms with E-state index in [1.54, 1.807) is 6.20 Å². The second-order valence-corrected chi connectivity index (χ2v) is 8.89. The molecule has 1 fully saturated rings. The second-order valence-electron chi connectivity index (χ2n) is 6.59. The van der Waals surface area contributed by atoms with Crippen molar-refractivity contribution in [2.45, 2.75) is 13.0 Å². The van der Waals surface area contributed by atoms with Gasteiger partial charge in [0.1, 0.15) is 5.82 Å². The van der Waals surface area contributed by atoms with Gasteiger partial charge in [-0.25, -0.2) is 13.4 Å². The summed E-state index contributed by atoms with van der Waals surface area (Å²) in [5.41, 5.74) is 1.70. The molecule has 1 saturated heterocycles. The lowest BCUT2D eigenvalue weighted by Gasteiger charge is -2.26. The summed E-state index contributed by atoms with van der Waals surface area (Å²) in [5.74, 6) is 1.28. The number of rotatable bonds is 6. The molecular formula is C18H24N4O3S. The third-order valence-electron chi connectivity index (χ3n) is 4.61. The molecule has 2 aromatic rings. The number of hydrogen-bond acceptors (Lipinski definition) is 5. The standard InChI is InChI=1S/C18H24N4O3S/c1-21-9-8-19-17(21)6-7-20-18(23)16-4-2-15(3-5-16)14-22-10-12-26(24,25)13-11-22/h2-5,8-9H,6-7,10-14H2,1H3,(H,20,23). The molecule has 1 amide bonds. The van der Waals surface area contributed by atoms with Crippen LogP contribution < -0.4 is 5.32 Å². The number of sulfone groups is 1. The summed E-state index contributed by atoms with van der Waals surface area (Å²) in [6, 6.07) is 7.48. The Bertz CT molecular complexity index is 845. The molecule has 1 aliphatic rings. The summed E-state index contributed by atoms with van der Waals surface area (Å²) in [5, 5.41) is 2.90. The van der Waals surface area contributed by atoms with E-state index in [-0.39, 0.29) is 17.4 Å². The molecule has 7 nitrogen and oxygen atoms in total. The molecule has 0 saturated carbocycles. The smallest absolute Gasteiger partial charge is 0.251 e.